The molecular formula is C15H23FN2O. The van der Waals surface area contributed by atoms with Gasteiger partial charge in [-0.3, -0.25) is 0 Å². The number of anilines is 1. The van der Waals surface area contributed by atoms with Gasteiger partial charge in [0.25, 0.3) is 0 Å². The number of nitrogens with two attached hydrogens (primary N) is 1. The van der Waals surface area contributed by atoms with E-state index in [1.165, 1.54) is 6.07 Å². The highest BCUT2D eigenvalue weighted by atomic mass is 19.1. The molecule has 3 atom stereocenters. The highest BCUT2D eigenvalue weighted by Crippen LogP contribution is 2.31. The van der Waals surface area contributed by atoms with Gasteiger partial charge in [-0.1, -0.05) is 6.92 Å². The van der Waals surface area contributed by atoms with Crippen LogP contribution in [0.5, 0.6) is 0 Å². The zero-order valence-corrected chi connectivity index (χ0v) is 11.9. The van der Waals surface area contributed by atoms with E-state index < -0.39 is 0 Å². The quantitative estimate of drug-likeness (QED) is 0.864. The number of hydrogen-bond acceptors (Lipinski definition) is 3. The molecule has 1 aliphatic heterocycles. The second-order valence-electron chi connectivity index (χ2n) is 5.73. The van der Waals surface area contributed by atoms with E-state index in [1.807, 2.05) is 13.0 Å². The van der Waals surface area contributed by atoms with Crippen LogP contribution in [-0.4, -0.2) is 24.3 Å². The summed E-state index contributed by atoms with van der Waals surface area (Å²) in [7, 11) is 0. The van der Waals surface area contributed by atoms with Crippen LogP contribution < -0.4 is 10.6 Å². The average molecular weight is 266 g/mol. The van der Waals surface area contributed by atoms with E-state index in [9.17, 15) is 9.50 Å². The van der Waals surface area contributed by atoms with E-state index in [4.69, 9.17) is 5.73 Å². The number of piperidine rings is 1. The molecule has 1 fully saturated rings. The van der Waals surface area contributed by atoms with Crippen molar-refractivity contribution in [2.45, 2.75) is 39.3 Å². The van der Waals surface area contributed by atoms with Crippen molar-refractivity contribution in [2.24, 2.45) is 11.7 Å². The Balaban J connectivity index is 2.35. The van der Waals surface area contributed by atoms with Crippen LogP contribution in [0.15, 0.2) is 12.1 Å². The fourth-order valence-corrected chi connectivity index (χ4v) is 2.59. The van der Waals surface area contributed by atoms with Crippen LogP contribution in [0.3, 0.4) is 0 Å². The third kappa shape index (κ3) is 2.90. The summed E-state index contributed by atoms with van der Waals surface area (Å²) >= 11 is 0. The molecule has 0 radical (unpaired) electrons. The van der Waals surface area contributed by atoms with Crippen molar-refractivity contribution in [2.75, 3.05) is 18.0 Å². The van der Waals surface area contributed by atoms with E-state index in [-0.39, 0.29) is 18.0 Å². The lowest BCUT2D eigenvalue weighted by Crippen LogP contribution is -2.43. The number of aryl methyl sites for hydroxylation is 1. The molecule has 0 aromatic heterocycles. The topological polar surface area (TPSA) is 49.5 Å². The zero-order valence-electron chi connectivity index (χ0n) is 11.9. The van der Waals surface area contributed by atoms with Crippen molar-refractivity contribution in [3.8, 4) is 0 Å². The summed E-state index contributed by atoms with van der Waals surface area (Å²) in [4.78, 5) is 2.12. The standard InChI is InChI=1S/C15H23FN2O/c1-9-4-5-18(8-15(9)19)14-6-10(2)13(16)7-12(14)11(3)17/h6-7,9,11,15,19H,4-5,8,17H2,1-3H3/t9?,11-,15?/m0/s1. The normalized spacial score (nSPS) is 25.5. The first-order chi connectivity index (χ1) is 8.90. The first-order valence-electron chi connectivity index (χ1n) is 6.88. The van der Waals surface area contributed by atoms with Crippen LogP contribution in [0.4, 0.5) is 10.1 Å². The molecule has 2 rings (SSSR count). The highest BCUT2D eigenvalue weighted by Gasteiger charge is 2.26. The van der Waals surface area contributed by atoms with Crippen LogP contribution >= 0.6 is 0 Å². The molecule has 1 aromatic rings. The number of β-amino-alcohol motifs (C(OH)–C–C–N with tert-alkyl or cyclic N) is 1. The summed E-state index contributed by atoms with van der Waals surface area (Å²) in [5, 5.41) is 10.0. The Morgan fingerprint density at radius 2 is 2.16 bits per heavy atom. The van der Waals surface area contributed by atoms with Gasteiger partial charge in [0.05, 0.1) is 6.10 Å². The molecule has 1 aromatic carbocycles. The van der Waals surface area contributed by atoms with Gasteiger partial charge in [-0.25, -0.2) is 4.39 Å². The molecule has 3 nitrogen and oxygen atoms in total. The van der Waals surface area contributed by atoms with Crippen LogP contribution in [0.25, 0.3) is 0 Å². The summed E-state index contributed by atoms with van der Waals surface area (Å²) in [6.07, 6.45) is 0.607. The monoisotopic (exact) mass is 266 g/mol. The maximum atomic E-state index is 13.7. The zero-order chi connectivity index (χ0) is 14.2. The van der Waals surface area contributed by atoms with Gasteiger partial charge in [-0.05, 0) is 49.4 Å². The fraction of sp³-hybridized carbons (Fsp3) is 0.600. The van der Waals surface area contributed by atoms with E-state index in [0.717, 1.165) is 24.2 Å². The number of halogens is 1. The van der Waals surface area contributed by atoms with Gasteiger partial charge < -0.3 is 15.7 Å². The minimum atomic E-state index is -0.333. The van der Waals surface area contributed by atoms with Crippen LogP contribution in [0.2, 0.25) is 0 Å². The Kier molecular flexibility index (Phi) is 4.11. The van der Waals surface area contributed by atoms with Gasteiger partial charge >= 0.3 is 0 Å². The Hall–Kier alpha value is -1.13. The lowest BCUT2D eigenvalue weighted by Gasteiger charge is -2.37. The first kappa shape index (κ1) is 14.3. The average Bonchev–Trinajstić information content (AvgIpc) is 2.35. The van der Waals surface area contributed by atoms with Crippen molar-refractivity contribution in [1.29, 1.82) is 0 Å². The molecule has 4 heteroatoms. The van der Waals surface area contributed by atoms with Crippen molar-refractivity contribution in [3.63, 3.8) is 0 Å². The maximum absolute atomic E-state index is 13.7. The molecule has 0 saturated carbocycles. The number of rotatable bonds is 2. The van der Waals surface area contributed by atoms with Crippen molar-refractivity contribution in [3.05, 3.63) is 29.1 Å². The predicted molar refractivity (Wildman–Crippen MR) is 75.7 cm³/mol. The van der Waals surface area contributed by atoms with Gasteiger partial charge in [0.2, 0.25) is 0 Å². The van der Waals surface area contributed by atoms with Crippen molar-refractivity contribution in [1.82, 2.24) is 0 Å². The Bertz CT molecular complexity index is 462. The van der Waals surface area contributed by atoms with Gasteiger partial charge in [0, 0.05) is 24.8 Å². The molecule has 0 aliphatic carbocycles. The van der Waals surface area contributed by atoms with Crippen LogP contribution in [0, 0.1) is 18.7 Å². The van der Waals surface area contributed by atoms with Gasteiger partial charge in [0.1, 0.15) is 5.82 Å². The third-order valence-electron chi connectivity index (χ3n) is 4.06. The first-order valence-corrected chi connectivity index (χ1v) is 6.88. The smallest absolute Gasteiger partial charge is 0.126 e. The van der Waals surface area contributed by atoms with E-state index in [2.05, 4.69) is 11.8 Å². The van der Waals surface area contributed by atoms with E-state index in [1.54, 1.807) is 6.92 Å². The van der Waals surface area contributed by atoms with E-state index in [0.29, 0.717) is 18.0 Å². The molecule has 3 N–H and O–H groups in total. The number of aliphatic hydroxyl groups excluding tert-OH is 1. The molecule has 0 bridgehead atoms. The molecule has 2 unspecified atom stereocenters. The summed E-state index contributed by atoms with van der Waals surface area (Å²) in [6, 6.07) is 3.15. The molecule has 1 aliphatic rings. The lowest BCUT2D eigenvalue weighted by atomic mass is 9.94. The van der Waals surface area contributed by atoms with E-state index >= 15 is 0 Å². The molecule has 106 valence electrons. The van der Waals surface area contributed by atoms with Crippen molar-refractivity contribution < 1.29 is 9.50 Å². The van der Waals surface area contributed by atoms with Crippen LogP contribution in [-0.2, 0) is 0 Å². The van der Waals surface area contributed by atoms with Gasteiger partial charge in [-0.15, -0.1) is 0 Å². The lowest BCUT2D eigenvalue weighted by molar-refractivity contribution is 0.103. The van der Waals surface area contributed by atoms with Crippen LogP contribution in [0.1, 0.15) is 37.4 Å². The molecule has 0 spiro atoms. The largest absolute Gasteiger partial charge is 0.391 e. The second-order valence-corrected chi connectivity index (χ2v) is 5.73. The molecule has 1 saturated heterocycles. The Morgan fingerprint density at radius 1 is 1.47 bits per heavy atom. The second kappa shape index (κ2) is 5.47. The number of hydrogen-bond donors (Lipinski definition) is 2. The molecule has 1 heterocycles. The maximum Gasteiger partial charge on any atom is 0.126 e. The van der Waals surface area contributed by atoms with Gasteiger partial charge in [0.15, 0.2) is 0 Å². The minimum Gasteiger partial charge on any atom is -0.391 e. The summed E-state index contributed by atoms with van der Waals surface area (Å²) in [5.41, 5.74) is 8.33. The summed E-state index contributed by atoms with van der Waals surface area (Å²) < 4.78 is 13.7. The predicted octanol–water partition coefficient (Wildman–Crippen LogP) is 2.36. The molecule has 0 amide bonds. The number of benzene rings is 1. The van der Waals surface area contributed by atoms with Crippen molar-refractivity contribution >= 4 is 5.69 Å². The minimum absolute atomic E-state index is 0.220. The highest BCUT2D eigenvalue weighted by molar-refractivity contribution is 5.57. The fourth-order valence-electron chi connectivity index (χ4n) is 2.59. The van der Waals surface area contributed by atoms with Gasteiger partial charge in [-0.2, -0.15) is 0 Å². The molecule has 19 heavy (non-hydrogen) atoms. The SMILES string of the molecule is Cc1cc(N2CCC(C)C(O)C2)c([C@H](C)N)cc1F. The third-order valence-corrected chi connectivity index (χ3v) is 4.06. The number of aliphatic hydroxyl groups is 1. The summed E-state index contributed by atoms with van der Waals surface area (Å²) in [5.74, 6) is 0.0959. The Labute approximate surface area is 114 Å². The summed E-state index contributed by atoms with van der Waals surface area (Å²) in [6.45, 7) is 7.14. The molecular weight excluding hydrogens is 243 g/mol. The Morgan fingerprint density at radius 3 is 2.74 bits per heavy atom. The number of nitrogens with zero attached hydrogens (tertiary/aromatic N) is 1.